The third kappa shape index (κ3) is 3.20. The molecule has 0 radical (unpaired) electrons. The highest BCUT2D eigenvalue weighted by Crippen LogP contribution is 2.24. The van der Waals surface area contributed by atoms with Crippen LogP contribution < -0.4 is 0 Å². The van der Waals surface area contributed by atoms with E-state index in [2.05, 4.69) is 15.9 Å². The summed E-state index contributed by atoms with van der Waals surface area (Å²) in [5.41, 5.74) is 0. The van der Waals surface area contributed by atoms with Crippen molar-refractivity contribution in [2.24, 2.45) is 5.92 Å². The van der Waals surface area contributed by atoms with E-state index < -0.39 is 4.32 Å². The third-order valence-electron chi connectivity index (χ3n) is 2.83. The van der Waals surface area contributed by atoms with Crippen LogP contribution in [0.3, 0.4) is 0 Å². The molecular formula is C11H18BrNO3. The molecule has 0 aliphatic carbocycles. The van der Waals surface area contributed by atoms with E-state index in [0.29, 0.717) is 25.9 Å². The highest BCUT2D eigenvalue weighted by molar-refractivity contribution is 9.10. The van der Waals surface area contributed by atoms with Gasteiger partial charge in [-0.25, -0.2) is 0 Å². The van der Waals surface area contributed by atoms with Crippen LogP contribution >= 0.6 is 15.9 Å². The second kappa shape index (κ2) is 5.17. The average Bonchev–Trinajstić information content (AvgIpc) is 2.26. The smallest absolute Gasteiger partial charge is 0.308 e. The van der Waals surface area contributed by atoms with E-state index in [1.54, 1.807) is 4.90 Å². The Morgan fingerprint density at radius 1 is 1.31 bits per heavy atom. The lowest BCUT2D eigenvalue weighted by atomic mass is 9.96. The number of nitrogens with zero attached hydrogens (tertiary/aromatic N) is 1. The molecule has 1 fully saturated rings. The van der Waals surface area contributed by atoms with Crippen molar-refractivity contribution in [1.82, 2.24) is 4.90 Å². The minimum absolute atomic E-state index is 0.0486. The molecule has 92 valence electrons. The molecule has 0 aromatic rings. The maximum absolute atomic E-state index is 11.9. The van der Waals surface area contributed by atoms with E-state index in [1.165, 1.54) is 7.11 Å². The zero-order valence-electron chi connectivity index (χ0n) is 9.96. The molecule has 1 aliphatic heterocycles. The van der Waals surface area contributed by atoms with Crippen molar-refractivity contribution >= 4 is 27.8 Å². The molecule has 0 aromatic heterocycles. The van der Waals surface area contributed by atoms with Gasteiger partial charge in [-0.05, 0) is 26.7 Å². The minimum Gasteiger partial charge on any atom is -0.469 e. The summed E-state index contributed by atoms with van der Waals surface area (Å²) in [5, 5.41) is 0. The SMILES string of the molecule is COC(=O)C1CCN(C(=O)C(C)(C)Br)CC1. The Morgan fingerprint density at radius 2 is 1.81 bits per heavy atom. The average molecular weight is 292 g/mol. The van der Waals surface area contributed by atoms with Gasteiger partial charge in [0.2, 0.25) is 5.91 Å². The van der Waals surface area contributed by atoms with Crippen LogP contribution in [0.25, 0.3) is 0 Å². The lowest BCUT2D eigenvalue weighted by Gasteiger charge is -2.34. The molecule has 0 N–H and O–H groups in total. The standard InChI is InChI=1S/C11H18BrNO3/c1-11(2,12)10(15)13-6-4-8(5-7-13)9(14)16-3/h8H,4-7H2,1-3H3. The first-order valence-corrected chi connectivity index (χ1v) is 6.21. The number of hydrogen-bond donors (Lipinski definition) is 0. The van der Waals surface area contributed by atoms with Crippen LogP contribution in [-0.2, 0) is 14.3 Å². The minimum atomic E-state index is -0.523. The van der Waals surface area contributed by atoms with Gasteiger partial charge in [0.15, 0.2) is 0 Å². The van der Waals surface area contributed by atoms with Crippen LogP contribution in [0.15, 0.2) is 0 Å². The molecule has 16 heavy (non-hydrogen) atoms. The molecule has 0 atom stereocenters. The Hall–Kier alpha value is -0.580. The quantitative estimate of drug-likeness (QED) is 0.573. The van der Waals surface area contributed by atoms with Crippen molar-refractivity contribution in [2.75, 3.05) is 20.2 Å². The van der Waals surface area contributed by atoms with E-state index in [4.69, 9.17) is 4.74 Å². The maximum atomic E-state index is 11.9. The van der Waals surface area contributed by atoms with Crippen molar-refractivity contribution in [3.63, 3.8) is 0 Å². The number of carbonyl (C=O) groups excluding carboxylic acids is 2. The van der Waals surface area contributed by atoms with E-state index in [1.807, 2.05) is 13.8 Å². The van der Waals surface area contributed by atoms with Crippen LogP contribution in [-0.4, -0.2) is 41.3 Å². The fraction of sp³-hybridized carbons (Fsp3) is 0.818. The molecule has 5 heteroatoms. The molecule has 0 aromatic carbocycles. The summed E-state index contributed by atoms with van der Waals surface area (Å²) < 4.78 is 4.18. The molecule has 0 bridgehead atoms. The topological polar surface area (TPSA) is 46.6 Å². The summed E-state index contributed by atoms with van der Waals surface area (Å²) in [5.74, 6) is -0.131. The second-order valence-electron chi connectivity index (χ2n) is 4.56. The number of carbonyl (C=O) groups is 2. The van der Waals surface area contributed by atoms with E-state index in [9.17, 15) is 9.59 Å². The molecule has 0 spiro atoms. The van der Waals surface area contributed by atoms with E-state index >= 15 is 0 Å². The van der Waals surface area contributed by atoms with Gasteiger partial charge in [0.25, 0.3) is 0 Å². The van der Waals surface area contributed by atoms with Gasteiger partial charge in [0.1, 0.15) is 0 Å². The van der Waals surface area contributed by atoms with Gasteiger partial charge in [0.05, 0.1) is 17.4 Å². The van der Waals surface area contributed by atoms with Crippen molar-refractivity contribution in [1.29, 1.82) is 0 Å². The normalized spacial score (nSPS) is 18.4. The molecule has 1 aliphatic rings. The van der Waals surface area contributed by atoms with Gasteiger partial charge in [-0.2, -0.15) is 0 Å². The zero-order valence-corrected chi connectivity index (χ0v) is 11.5. The van der Waals surface area contributed by atoms with Gasteiger partial charge in [-0.3, -0.25) is 9.59 Å². The molecule has 1 rings (SSSR count). The van der Waals surface area contributed by atoms with Crippen LogP contribution in [0.4, 0.5) is 0 Å². The molecule has 1 saturated heterocycles. The highest BCUT2D eigenvalue weighted by Gasteiger charge is 2.33. The summed E-state index contributed by atoms with van der Waals surface area (Å²) in [6.45, 7) is 4.94. The number of ether oxygens (including phenoxy) is 1. The van der Waals surface area contributed by atoms with Crippen molar-refractivity contribution < 1.29 is 14.3 Å². The molecule has 0 unspecified atom stereocenters. The Kier molecular flexibility index (Phi) is 4.35. The number of hydrogen-bond acceptors (Lipinski definition) is 3. The number of alkyl halides is 1. The van der Waals surface area contributed by atoms with Gasteiger partial charge in [-0.15, -0.1) is 0 Å². The van der Waals surface area contributed by atoms with Gasteiger partial charge >= 0.3 is 5.97 Å². The van der Waals surface area contributed by atoms with Crippen LogP contribution in [0.1, 0.15) is 26.7 Å². The summed E-state index contributed by atoms with van der Waals surface area (Å²) in [4.78, 5) is 25.0. The lowest BCUT2D eigenvalue weighted by molar-refractivity contribution is -0.149. The highest BCUT2D eigenvalue weighted by atomic mass is 79.9. The predicted octanol–water partition coefficient (Wildman–Crippen LogP) is 1.57. The monoisotopic (exact) mass is 291 g/mol. The number of amides is 1. The van der Waals surface area contributed by atoms with Crippen molar-refractivity contribution in [3.8, 4) is 0 Å². The number of likely N-dealkylation sites (tertiary alicyclic amines) is 1. The third-order valence-corrected chi connectivity index (χ3v) is 3.16. The molecule has 1 heterocycles. The summed E-state index contributed by atoms with van der Waals surface area (Å²) >= 11 is 3.35. The number of rotatable bonds is 2. The van der Waals surface area contributed by atoms with Crippen LogP contribution in [0.2, 0.25) is 0 Å². The predicted molar refractivity (Wildman–Crippen MR) is 64.3 cm³/mol. The fourth-order valence-electron chi connectivity index (χ4n) is 1.86. The number of piperidine rings is 1. The molecule has 4 nitrogen and oxygen atoms in total. The molecular weight excluding hydrogens is 274 g/mol. The van der Waals surface area contributed by atoms with Gasteiger partial charge in [-0.1, -0.05) is 15.9 Å². The summed E-state index contributed by atoms with van der Waals surface area (Å²) in [7, 11) is 1.40. The Labute approximate surface area is 104 Å². The summed E-state index contributed by atoms with van der Waals surface area (Å²) in [6.07, 6.45) is 1.39. The number of esters is 1. The fourth-order valence-corrected chi connectivity index (χ4v) is 2.11. The van der Waals surface area contributed by atoms with E-state index in [-0.39, 0.29) is 17.8 Å². The van der Waals surface area contributed by atoms with Crippen molar-refractivity contribution in [2.45, 2.75) is 31.0 Å². The first kappa shape index (κ1) is 13.5. The van der Waals surface area contributed by atoms with Gasteiger partial charge < -0.3 is 9.64 Å². The first-order valence-electron chi connectivity index (χ1n) is 5.42. The van der Waals surface area contributed by atoms with E-state index in [0.717, 1.165) is 0 Å². The molecule has 1 amide bonds. The largest absolute Gasteiger partial charge is 0.469 e. The second-order valence-corrected chi connectivity index (χ2v) is 6.54. The Bertz CT molecular complexity index is 277. The van der Waals surface area contributed by atoms with Crippen LogP contribution in [0.5, 0.6) is 0 Å². The Morgan fingerprint density at radius 3 is 2.19 bits per heavy atom. The van der Waals surface area contributed by atoms with Gasteiger partial charge in [0, 0.05) is 13.1 Å². The lowest BCUT2D eigenvalue weighted by Crippen LogP contribution is -2.46. The number of halogens is 1. The number of methoxy groups -OCH3 is 1. The van der Waals surface area contributed by atoms with Crippen molar-refractivity contribution in [3.05, 3.63) is 0 Å². The maximum Gasteiger partial charge on any atom is 0.308 e. The Balaban J connectivity index is 2.49. The zero-order chi connectivity index (χ0) is 12.3. The van der Waals surface area contributed by atoms with Crippen LogP contribution in [0, 0.1) is 5.92 Å². The first-order chi connectivity index (χ1) is 7.36. The molecule has 0 saturated carbocycles. The summed E-state index contributed by atoms with van der Waals surface area (Å²) in [6, 6.07) is 0.